The highest BCUT2D eigenvalue weighted by molar-refractivity contribution is 5.96. The summed E-state index contributed by atoms with van der Waals surface area (Å²) in [5, 5.41) is 25.9. The Labute approximate surface area is 353 Å². The average Bonchev–Trinajstić information content (AvgIpc) is 3.92. The van der Waals surface area contributed by atoms with Crippen LogP contribution in [0, 0.1) is 17.2 Å². The second kappa shape index (κ2) is 14.4. The van der Waals surface area contributed by atoms with E-state index in [1.807, 2.05) is 32.1 Å². The molecular weight excluding hydrogens is 788 g/mol. The molecule has 61 heavy (non-hydrogen) atoms. The zero-order chi connectivity index (χ0) is 43.4. The molecule has 10 atom stereocenters. The number of methoxy groups -OCH3 is 3. The summed E-state index contributed by atoms with van der Waals surface area (Å²) in [6.07, 6.45) is 5.27. The van der Waals surface area contributed by atoms with Crippen molar-refractivity contribution >= 4 is 40.9 Å². The van der Waals surface area contributed by atoms with Crippen LogP contribution in [0.4, 0.5) is 10.1 Å². The van der Waals surface area contributed by atoms with Crippen LogP contribution in [-0.2, 0) is 50.6 Å². The Morgan fingerprint density at radius 2 is 1.75 bits per heavy atom. The maximum Gasteiger partial charge on any atom is 0.344 e. The van der Waals surface area contributed by atoms with Gasteiger partial charge in [-0.25, -0.2) is 9.18 Å². The number of amides is 1. The first-order chi connectivity index (χ1) is 29.2. The molecule has 9 rings (SSSR count). The molecule has 3 fully saturated rings. The number of aromatic amines is 1. The number of esters is 3. The molecule has 3 N–H and O–H groups in total. The zero-order valence-corrected chi connectivity index (χ0v) is 35.6. The summed E-state index contributed by atoms with van der Waals surface area (Å²) < 4.78 is 38.7. The molecule has 2 aromatic carbocycles. The minimum absolute atomic E-state index is 0.168. The summed E-state index contributed by atoms with van der Waals surface area (Å²) in [6, 6.07) is 6.27. The summed E-state index contributed by atoms with van der Waals surface area (Å²) in [5.74, 6) is -2.79. The minimum Gasteiger partial charge on any atom is -0.496 e. The van der Waals surface area contributed by atoms with Crippen LogP contribution in [0.3, 0.4) is 0 Å². The van der Waals surface area contributed by atoms with Crippen molar-refractivity contribution < 1.29 is 52.7 Å². The van der Waals surface area contributed by atoms with Gasteiger partial charge < -0.3 is 39.0 Å². The quantitative estimate of drug-likeness (QED) is 0.130. The summed E-state index contributed by atoms with van der Waals surface area (Å²) in [7, 11) is 3.97. The van der Waals surface area contributed by atoms with Gasteiger partial charge >= 0.3 is 17.9 Å². The lowest BCUT2D eigenvalue weighted by molar-refractivity contribution is -0.228. The number of rotatable bonds is 8. The Kier molecular flexibility index (Phi) is 9.78. The van der Waals surface area contributed by atoms with E-state index < -0.39 is 69.4 Å². The molecule has 6 heterocycles. The number of piperidine rings is 1. The molecule has 6 aliphatic rings. The molecule has 5 aliphatic heterocycles. The molecule has 3 aromatic rings. The Morgan fingerprint density at radius 3 is 2.43 bits per heavy atom. The lowest BCUT2D eigenvalue weighted by Gasteiger charge is -2.63. The van der Waals surface area contributed by atoms with Gasteiger partial charge in [-0.3, -0.25) is 24.2 Å². The van der Waals surface area contributed by atoms with Crippen LogP contribution in [0.15, 0.2) is 42.5 Å². The average molecular weight is 843 g/mol. The molecule has 1 amide bonds. The molecular formula is C46H55FN4O10. The van der Waals surface area contributed by atoms with Crippen LogP contribution in [0.5, 0.6) is 5.75 Å². The Morgan fingerprint density at radius 1 is 0.984 bits per heavy atom. The van der Waals surface area contributed by atoms with Crippen molar-refractivity contribution in [2.75, 3.05) is 59.0 Å². The molecule has 0 radical (unpaired) electrons. The van der Waals surface area contributed by atoms with Crippen molar-refractivity contribution in [1.29, 1.82) is 0 Å². The first-order valence-electron chi connectivity index (χ1n) is 21.4. The fourth-order valence-electron chi connectivity index (χ4n) is 13.4. The van der Waals surface area contributed by atoms with E-state index >= 15 is 9.18 Å². The van der Waals surface area contributed by atoms with Gasteiger partial charge in [-0.2, -0.15) is 0 Å². The van der Waals surface area contributed by atoms with E-state index in [0.29, 0.717) is 105 Å². The summed E-state index contributed by atoms with van der Waals surface area (Å²) in [4.78, 5) is 65.8. The number of hydrogen-bond acceptors (Lipinski definition) is 12. The summed E-state index contributed by atoms with van der Waals surface area (Å²) in [6.45, 7) is 7.74. The van der Waals surface area contributed by atoms with Crippen molar-refractivity contribution in [3.05, 3.63) is 70.7 Å². The van der Waals surface area contributed by atoms with E-state index in [9.17, 15) is 24.6 Å². The van der Waals surface area contributed by atoms with E-state index in [4.69, 9.17) is 18.9 Å². The predicted octanol–water partition coefficient (Wildman–Crippen LogP) is 3.66. The molecule has 326 valence electrons. The van der Waals surface area contributed by atoms with Crippen LogP contribution in [-0.4, -0.2) is 133 Å². The third kappa shape index (κ3) is 5.45. The van der Waals surface area contributed by atoms with Crippen molar-refractivity contribution in [1.82, 2.24) is 14.8 Å². The third-order valence-electron chi connectivity index (χ3n) is 15.6. The first-order valence-corrected chi connectivity index (χ1v) is 21.4. The molecule has 2 saturated heterocycles. The van der Waals surface area contributed by atoms with Gasteiger partial charge in [0.25, 0.3) is 0 Å². The van der Waals surface area contributed by atoms with E-state index in [2.05, 4.69) is 14.8 Å². The van der Waals surface area contributed by atoms with Gasteiger partial charge in [-0.05, 0) is 86.4 Å². The number of aromatic nitrogens is 1. The second-order valence-corrected chi connectivity index (χ2v) is 18.3. The number of fused-ring (bicyclic) bond motifs is 6. The highest BCUT2D eigenvalue weighted by Crippen LogP contribution is 2.68. The van der Waals surface area contributed by atoms with Gasteiger partial charge in [0.15, 0.2) is 6.10 Å². The molecule has 1 saturated carbocycles. The van der Waals surface area contributed by atoms with Gasteiger partial charge in [0.1, 0.15) is 17.0 Å². The van der Waals surface area contributed by atoms with Crippen molar-refractivity contribution in [2.24, 2.45) is 11.3 Å². The fourth-order valence-corrected chi connectivity index (χ4v) is 13.4. The zero-order valence-electron chi connectivity index (χ0n) is 35.6. The highest BCUT2D eigenvalue weighted by atomic mass is 19.1. The third-order valence-corrected chi connectivity index (χ3v) is 15.6. The Balaban J connectivity index is 1.38. The van der Waals surface area contributed by atoms with E-state index in [-0.39, 0.29) is 18.1 Å². The topological polar surface area (TPSA) is 171 Å². The Bertz CT molecular complexity index is 2370. The number of nitrogens with one attached hydrogen (secondary N) is 1. The van der Waals surface area contributed by atoms with Crippen molar-refractivity contribution in [3.63, 3.8) is 0 Å². The number of hydrogen-bond donors (Lipinski definition) is 3. The van der Waals surface area contributed by atoms with Crippen LogP contribution >= 0.6 is 0 Å². The molecule has 1 aliphatic carbocycles. The molecule has 15 heteroatoms. The lowest BCUT2D eigenvalue weighted by Crippen LogP contribution is -2.81. The second-order valence-electron chi connectivity index (χ2n) is 18.3. The van der Waals surface area contributed by atoms with Gasteiger partial charge in [-0.1, -0.05) is 26.0 Å². The van der Waals surface area contributed by atoms with E-state index in [0.717, 1.165) is 12.7 Å². The highest BCUT2D eigenvalue weighted by Gasteiger charge is 2.81. The number of H-pyrrole nitrogens is 1. The molecule has 14 nitrogen and oxygen atoms in total. The Hall–Kier alpha value is -4.83. The van der Waals surface area contributed by atoms with Gasteiger partial charge in [0.2, 0.25) is 12.0 Å². The molecule has 2 bridgehead atoms. The first kappa shape index (κ1) is 41.5. The molecule has 1 aromatic heterocycles. The summed E-state index contributed by atoms with van der Waals surface area (Å²) >= 11 is 0. The minimum atomic E-state index is -2.57. The van der Waals surface area contributed by atoms with E-state index in [1.54, 1.807) is 12.1 Å². The number of halogens is 1. The van der Waals surface area contributed by atoms with Gasteiger partial charge in [0, 0.05) is 78.2 Å². The standard InChI is InChI=1S/C46H55FN4O10/c1-7-42(56)21-27-22-45(40(54)59-5,36-29(12-16-49(23-27)24-42)30-18-28(47)10-11-33(30)48-36)32-19-31-34(20-35(32)58-4)51(25-52)38-44(31)14-17-50-15-9-13-43(8-2,37(44)50)39(61-26(3)53)46(38,57)41(55)60-6/h9-11,13,18-20,25,27,37-39,48,56-57H,7-8,12,14-17,21-24H2,1-6H3/t27-,37-,38?,39+,42-,43+,44+,45-,46-/m0/s1. The summed E-state index contributed by atoms with van der Waals surface area (Å²) in [5.41, 5.74) is -4.30. The van der Waals surface area contributed by atoms with Crippen molar-refractivity contribution in [2.45, 2.75) is 99.5 Å². The normalized spacial score (nSPS) is 36.1. The van der Waals surface area contributed by atoms with Crippen LogP contribution in [0.25, 0.3) is 10.9 Å². The number of nitrogens with zero attached hydrogens (tertiary/aromatic N) is 3. The number of aliphatic hydroxyl groups is 2. The fraction of sp³-hybridized carbons (Fsp3) is 0.565. The molecule has 2 unspecified atom stereocenters. The number of benzene rings is 2. The maximum absolute atomic E-state index is 15.3. The van der Waals surface area contributed by atoms with Crippen molar-refractivity contribution in [3.8, 4) is 5.75 Å². The predicted molar refractivity (Wildman–Crippen MR) is 221 cm³/mol. The van der Waals surface area contributed by atoms with Gasteiger partial charge in [-0.15, -0.1) is 0 Å². The van der Waals surface area contributed by atoms with Crippen LogP contribution in [0.2, 0.25) is 0 Å². The smallest absolute Gasteiger partial charge is 0.344 e. The number of anilines is 1. The largest absolute Gasteiger partial charge is 0.496 e. The lowest BCUT2D eigenvalue weighted by atomic mass is 9.47. The number of ether oxygens (including phenoxy) is 4. The van der Waals surface area contributed by atoms with E-state index in [1.165, 1.54) is 38.2 Å². The number of carbonyl (C=O) groups is 4. The van der Waals surface area contributed by atoms with Crippen LogP contribution in [0.1, 0.15) is 75.3 Å². The van der Waals surface area contributed by atoms with Gasteiger partial charge in [0.05, 0.1) is 38.7 Å². The SMILES string of the molecule is CC[C@]1(O)C[C@@H]2CN(CCc3c([nH]c4ccc(F)cc34)[C@@](C(=O)OC)(c3cc4c(cc3OC)N(C=O)C3[C@]45CCN4CC=C[C@@](CC)([C@@H](OC(C)=O)[C@]3(O)C(=O)OC)[C@H]45)C2)C1. The van der Waals surface area contributed by atoms with Crippen LogP contribution < -0.4 is 9.64 Å². The number of carbonyl (C=O) groups excluding carboxylic acids is 4. The molecule has 1 spiro atoms. The maximum atomic E-state index is 15.3. The monoisotopic (exact) mass is 842 g/mol.